The van der Waals surface area contributed by atoms with E-state index in [1.807, 2.05) is 6.92 Å². The first-order chi connectivity index (χ1) is 8.62. The molecule has 0 saturated heterocycles. The fourth-order valence-electron chi connectivity index (χ4n) is 1.82. The van der Waals surface area contributed by atoms with Crippen molar-refractivity contribution in [3.05, 3.63) is 16.7 Å². The minimum Gasteiger partial charge on any atom is -0.477 e. The second-order valence-corrected chi connectivity index (χ2v) is 4.12. The molecular weight excluding hydrogens is 254 g/mol. The van der Waals surface area contributed by atoms with Crippen LogP contribution in [0.3, 0.4) is 0 Å². The van der Waals surface area contributed by atoms with Crippen LogP contribution in [0.2, 0.25) is 5.02 Å². The van der Waals surface area contributed by atoms with Crippen molar-refractivity contribution in [1.29, 1.82) is 0 Å². The van der Waals surface area contributed by atoms with Gasteiger partial charge in [0.2, 0.25) is 0 Å². The third kappa shape index (κ3) is 1.90. The van der Waals surface area contributed by atoms with E-state index in [1.165, 1.54) is 14.2 Å². The van der Waals surface area contributed by atoms with Crippen LogP contribution < -0.4 is 15.2 Å². The van der Waals surface area contributed by atoms with E-state index in [1.54, 1.807) is 6.07 Å². The summed E-state index contributed by atoms with van der Waals surface area (Å²) in [7, 11) is 3.01. The van der Waals surface area contributed by atoms with Gasteiger partial charge in [-0.05, 0) is 18.1 Å². The monoisotopic (exact) mass is 267 g/mol. The number of nitrogens with zero attached hydrogens (tertiary/aromatic N) is 2. The SMILES string of the molecule is CCc1c(Cl)cc2nc(OC)c(OC)nc2c1N. The van der Waals surface area contributed by atoms with E-state index in [2.05, 4.69) is 9.97 Å². The summed E-state index contributed by atoms with van der Waals surface area (Å²) in [5, 5.41) is 0.587. The van der Waals surface area contributed by atoms with Crippen molar-refractivity contribution in [2.24, 2.45) is 0 Å². The molecule has 96 valence electrons. The average molecular weight is 268 g/mol. The van der Waals surface area contributed by atoms with Crippen molar-refractivity contribution in [2.75, 3.05) is 20.0 Å². The number of methoxy groups -OCH3 is 2. The zero-order chi connectivity index (χ0) is 13.3. The number of benzene rings is 1. The van der Waals surface area contributed by atoms with Gasteiger partial charge >= 0.3 is 0 Å². The molecule has 0 atom stereocenters. The molecule has 0 bridgehead atoms. The Morgan fingerprint density at radius 3 is 2.39 bits per heavy atom. The summed E-state index contributed by atoms with van der Waals surface area (Å²) in [5.41, 5.74) is 8.63. The van der Waals surface area contributed by atoms with Gasteiger partial charge in [-0.2, -0.15) is 0 Å². The molecule has 0 saturated carbocycles. The molecule has 0 amide bonds. The van der Waals surface area contributed by atoms with Crippen LogP contribution in [0.4, 0.5) is 5.69 Å². The molecule has 0 aliphatic heterocycles. The van der Waals surface area contributed by atoms with E-state index in [0.717, 1.165) is 12.0 Å². The van der Waals surface area contributed by atoms with Gasteiger partial charge in [-0.25, -0.2) is 9.97 Å². The van der Waals surface area contributed by atoms with E-state index >= 15 is 0 Å². The number of anilines is 1. The van der Waals surface area contributed by atoms with Crippen LogP contribution in [0.5, 0.6) is 11.8 Å². The molecule has 0 aliphatic carbocycles. The molecule has 0 aliphatic rings. The Balaban J connectivity index is 2.81. The lowest BCUT2D eigenvalue weighted by Gasteiger charge is -2.11. The molecule has 6 heteroatoms. The van der Waals surface area contributed by atoms with Crippen molar-refractivity contribution >= 4 is 28.3 Å². The maximum atomic E-state index is 6.16. The van der Waals surface area contributed by atoms with E-state index in [9.17, 15) is 0 Å². The summed E-state index contributed by atoms with van der Waals surface area (Å²) >= 11 is 6.16. The first kappa shape index (κ1) is 12.7. The fraction of sp³-hybridized carbons (Fsp3) is 0.333. The lowest BCUT2D eigenvalue weighted by atomic mass is 10.1. The van der Waals surface area contributed by atoms with Gasteiger partial charge in [0.05, 0.1) is 25.4 Å². The Hall–Kier alpha value is -1.75. The molecule has 1 heterocycles. The highest BCUT2D eigenvalue weighted by atomic mass is 35.5. The predicted octanol–water partition coefficient (Wildman–Crippen LogP) is 2.44. The smallest absolute Gasteiger partial charge is 0.278 e. The maximum Gasteiger partial charge on any atom is 0.278 e. The molecule has 1 aromatic heterocycles. The molecule has 18 heavy (non-hydrogen) atoms. The van der Waals surface area contributed by atoms with Crippen LogP contribution in [-0.4, -0.2) is 24.2 Å². The van der Waals surface area contributed by atoms with Crippen molar-refractivity contribution in [1.82, 2.24) is 9.97 Å². The quantitative estimate of drug-likeness (QED) is 0.865. The minimum absolute atomic E-state index is 0.307. The van der Waals surface area contributed by atoms with Crippen LogP contribution >= 0.6 is 11.6 Å². The summed E-state index contributed by atoms with van der Waals surface area (Å²) in [6, 6.07) is 1.74. The fourth-order valence-corrected chi connectivity index (χ4v) is 2.16. The van der Waals surface area contributed by atoms with Crippen molar-refractivity contribution in [3.63, 3.8) is 0 Å². The number of aromatic nitrogens is 2. The molecule has 2 aromatic rings. The number of hydrogen-bond acceptors (Lipinski definition) is 5. The largest absolute Gasteiger partial charge is 0.477 e. The second-order valence-electron chi connectivity index (χ2n) is 3.71. The highest BCUT2D eigenvalue weighted by Crippen LogP contribution is 2.33. The predicted molar refractivity (Wildman–Crippen MR) is 71.4 cm³/mol. The van der Waals surface area contributed by atoms with Crippen molar-refractivity contribution in [2.45, 2.75) is 13.3 Å². The topological polar surface area (TPSA) is 70.3 Å². The lowest BCUT2D eigenvalue weighted by molar-refractivity contribution is 0.334. The number of nitrogens with two attached hydrogens (primary N) is 1. The first-order valence-corrected chi connectivity index (χ1v) is 5.86. The average Bonchev–Trinajstić information content (AvgIpc) is 2.37. The number of rotatable bonds is 3. The van der Waals surface area contributed by atoms with Gasteiger partial charge in [0, 0.05) is 5.02 Å². The molecular formula is C12H14ClN3O2. The van der Waals surface area contributed by atoms with Crippen LogP contribution in [0, 0.1) is 0 Å². The molecule has 0 radical (unpaired) electrons. The highest BCUT2D eigenvalue weighted by Gasteiger charge is 2.15. The van der Waals surface area contributed by atoms with Crippen molar-refractivity contribution < 1.29 is 9.47 Å². The van der Waals surface area contributed by atoms with Crippen LogP contribution in [0.25, 0.3) is 11.0 Å². The Kier molecular flexibility index (Phi) is 3.43. The second kappa shape index (κ2) is 4.86. The summed E-state index contributed by atoms with van der Waals surface area (Å²) in [6.07, 6.45) is 0.733. The highest BCUT2D eigenvalue weighted by molar-refractivity contribution is 6.32. The molecule has 0 spiro atoms. The number of hydrogen-bond donors (Lipinski definition) is 1. The number of fused-ring (bicyclic) bond motifs is 1. The van der Waals surface area contributed by atoms with Gasteiger partial charge < -0.3 is 15.2 Å². The van der Waals surface area contributed by atoms with Gasteiger partial charge in [-0.3, -0.25) is 0 Å². The third-order valence-electron chi connectivity index (χ3n) is 2.73. The molecule has 0 fully saturated rings. The van der Waals surface area contributed by atoms with Crippen LogP contribution in [-0.2, 0) is 6.42 Å². The van der Waals surface area contributed by atoms with E-state index in [4.69, 9.17) is 26.8 Å². The Bertz CT molecular complexity index is 602. The van der Waals surface area contributed by atoms with Crippen molar-refractivity contribution in [3.8, 4) is 11.8 Å². The van der Waals surface area contributed by atoms with Gasteiger partial charge in [-0.1, -0.05) is 18.5 Å². The molecule has 2 N–H and O–H groups in total. The summed E-state index contributed by atoms with van der Waals surface area (Å²) in [6.45, 7) is 1.98. The van der Waals surface area contributed by atoms with E-state index < -0.39 is 0 Å². The Morgan fingerprint density at radius 2 is 1.83 bits per heavy atom. The van der Waals surface area contributed by atoms with E-state index in [-0.39, 0.29) is 0 Å². The van der Waals surface area contributed by atoms with Crippen LogP contribution in [0.15, 0.2) is 6.07 Å². The Labute approximate surface area is 110 Å². The summed E-state index contributed by atoms with van der Waals surface area (Å²) < 4.78 is 10.2. The maximum absolute atomic E-state index is 6.16. The number of ether oxygens (including phenoxy) is 2. The van der Waals surface area contributed by atoms with Gasteiger partial charge in [0.1, 0.15) is 5.52 Å². The molecule has 2 rings (SSSR count). The normalized spacial score (nSPS) is 10.7. The molecule has 5 nitrogen and oxygen atoms in total. The minimum atomic E-state index is 0.307. The molecule has 0 unspecified atom stereocenters. The third-order valence-corrected chi connectivity index (χ3v) is 3.07. The van der Waals surface area contributed by atoms with E-state index in [0.29, 0.717) is 33.5 Å². The molecule has 1 aromatic carbocycles. The van der Waals surface area contributed by atoms with Crippen LogP contribution in [0.1, 0.15) is 12.5 Å². The first-order valence-electron chi connectivity index (χ1n) is 5.48. The standard InChI is InChI=1S/C12H14ClN3O2/c1-4-6-7(13)5-8-10(9(6)14)16-12(18-3)11(15-8)17-2/h5H,4,14H2,1-3H3. The van der Waals surface area contributed by atoms with Gasteiger partial charge in [0.25, 0.3) is 11.8 Å². The summed E-state index contributed by atoms with van der Waals surface area (Å²) in [5.74, 6) is 0.616. The van der Waals surface area contributed by atoms with Gasteiger partial charge in [-0.15, -0.1) is 0 Å². The lowest BCUT2D eigenvalue weighted by Crippen LogP contribution is -2.02. The zero-order valence-corrected chi connectivity index (χ0v) is 11.2. The number of halogens is 1. The number of nitrogen functional groups attached to an aromatic ring is 1. The summed E-state index contributed by atoms with van der Waals surface area (Å²) in [4.78, 5) is 8.61. The zero-order valence-electron chi connectivity index (χ0n) is 10.5. The Morgan fingerprint density at radius 1 is 1.22 bits per heavy atom. The van der Waals surface area contributed by atoms with Gasteiger partial charge in [0.15, 0.2) is 0 Å².